The van der Waals surface area contributed by atoms with Gasteiger partial charge in [-0.05, 0) is 48.5 Å². The molecule has 0 unspecified atom stereocenters. The molecule has 6 nitrogen and oxygen atoms in total. The largest absolute Gasteiger partial charge is 0.478 e. The third-order valence-corrected chi connectivity index (χ3v) is 3.74. The first kappa shape index (κ1) is 14.9. The van der Waals surface area contributed by atoms with E-state index >= 15 is 0 Å². The van der Waals surface area contributed by atoms with Crippen molar-refractivity contribution in [1.29, 1.82) is 0 Å². The fraction of sp³-hybridized carbons (Fsp3) is 0. The second kappa shape index (κ2) is 6.09. The minimum atomic E-state index is -0.959. The first-order chi connectivity index (χ1) is 12.2. The molecule has 0 spiro atoms. The molecule has 0 aliphatic heterocycles. The van der Waals surface area contributed by atoms with Crippen molar-refractivity contribution in [3.63, 3.8) is 0 Å². The highest BCUT2D eigenvalue weighted by atomic mass is 16.4. The molecule has 0 aliphatic rings. The fourth-order valence-corrected chi connectivity index (χ4v) is 2.52. The summed E-state index contributed by atoms with van der Waals surface area (Å²) < 4.78 is 5.40. The molecule has 0 saturated carbocycles. The predicted molar refractivity (Wildman–Crippen MR) is 93.9 cm³/mol. The Kier molecular flexibility index (Phi) is 3.63. The monoisotopic (exact) mass is 331 g/mol. The lowest BCUT2D eigenvalue weighted by atomic mass is 10.2. The van der Waals surface area contributed by atoms with Crippen molar-refractivity contribution in [2.75, 3.05) is 5.32 Å². The molecule has 2 aromatic heterocycles. The second-order valence-corrected chi connectivity index (χ2v) is 5.40. The maximum absolute atomic E-state index is 11.0. The van der Waals surface area contributed by atoms with Gasteiger partial charge in [0.2, 0.25) is 0 Å². The average molecular weight is 331 g/mol. The highest BCUT2D eigenvalue weighted by Gasteiger charge is 2.11. The molecule has 0 fully saturated rings. The van der Waals surface area contributed by atoms with Crippen molar-refractivity contribution in [3.05, 3.63) is 72.5 Å². The van der Waals surface area contributed by atoms with Gasteiger partial charge in [0.1, 0.15) is 5.82 Å². The van der Waals surface area contributed by atoms with Crippen molar-refractivity contribution in [2.24, 2.45) is 0 Å². The van der Waals surface area contributed by atoms with Crippen molar-refractivity contribution in [3.8, 4) is 11.6 Å². The minimum Gasteiger partial charge on any atom is -0.478 e. The van der Waals surface area contributed by atoms with Crippen LogP contribution in [0, 0.1) is 0 Å². The Morgan fingerprint density at radius 1 is 0.960 bits per heavy atom. The summed E-state index contributed by atoms with van der Waals surface area (Å²) >= 11 is 0. The van der Waals surface area contributed by atoms with E-state index in [1.165, 1.54) is 0 Å². The molecule has 6 heteroatoms. The molecule has 2 N–H and O–H groups in total. The van der Waals surface area contributed by atoms with Gasteiger partial charge < -0.3 is 14.8 Å². The summed E-state index contributed by atoms with van der Waals surface area (Å²) in [7, 11) is 0. The fourth-order valence-electron chi connectivity index (χ4n) is 2.52. The van der Waals surface area contributed by atoms with Crippen LogP contribution in [0.15, 0.2) is 71.3 Å². The number of aromatic nitrogens is 2. The Morgan fingerprint density at radius 3 is 2.48 bits per heavy atom. The molecule has 122 valence electrons. The number of anilines is 2. The SMILES string of the molecule is O=C(O)c1ccc(Nc2nc(-c3ccco3)nc3ccccc23)cc1. The lowest BCUT2D eigenvalue weighted by Gasteiger charge is -2.10. The van der Waals surface area contributed by atoms with E-state index in [1.807, 2.05) is 24.3 Å². The second-order valence-electron chi connectivity index (χ2n) is 5.40. The summed E-state index contributed by atoms with van der Waals surface area (Å²) in [4.78, 5) is 20.1. The minimum absolute atomic E-state index is 0.231. The number of nitrogens with one attached hydrogen (secondary N) is 1. The zero-order valence-corrected chi connectivity index (χ0v) is 13.0. The van der Waals surface area contributed by atoms with Crippen LogP contribution in [-0.4, -0.2) is 21.0 Å². The summed E-state index contributed by atoms with van der Waals surface area (Å²) in [6.07, 6.45) is 1.58. The van der Waals surface area contributed by atoms with Gasteiger partial charge in [-0.15, -0.1) is 0 Å². The number of benzene rings is 2. The van der Waals surface area contributed by atoms with Gasteiger partial charge in [0.25, 0.3) is 0 Å². The van der Waals surface area contributed by atoms with Crippen LogP contribution in [0.2, 0.25) is 0 Å². The summed E-state index contributed by atoms with van der Waals surface area (Å²) in [5.74, 6) is 0.725. The number of hydrogen-bond acceptors (Lipinski definition) is 5. The molecule has 4 aromatic rings. The van der Waals surface area contributed by atoms with Gasteiger partial charge in [0.05, 0.1) is 17.3 Å². The summed E-state index contributed by atoms with van der Waals surface area (Å²) in [5, 5.41) is 13.1. The lowest BCUT2D eigenvalue weighted by molar-refractivity contribution is 0.0697. The van der Waals surface area contributed by atoms with Gasteiger partial charge in [0, 0.05) is 11.1 Å². The number of nitrogens with zero attached hydrogens (tertiary/aromatic N) is 2. The van der Waals surface area contributed by atoms with Crippen LogP contribution in [0.4, 0.5) is 11.5 Å². The molecule has 0 radical (unpaired) electrons. The van der Waals surface area contributed by atoms with E-state index in [9.17, 15) is 4.79 Å². The Hall–Kier alpha value is -3.67. The number of aromatic carboxylic acids is 1. The summed E-state index contributed by atoms with van der Waals surface area (Å²) in [6.45, 7) is 0. The van der Waals surface area contributed by atoms with Crippen LogP contribution >= 0.6 is 0 Å². The average Bonchev–Trinajstić information content (AvgIpc) is 3.17. The Labute approximate surface area is 142 Å². The van der Waals surface area contributed by atoms with E-state index in [2.05, 4.69) is 15.3 Å². The van der Waals surface area contributed by atoms with E-state index in [0.29, 0.717) is 17.4 Å². The van der Waals surface area contributed by atoms with Crippen molar-refractivity contribution >= 4 is 28.4 Å². The molecule has 4 rings (SSSR count). The smallest absolute Gasteiger partial charge is 0.335 e. The first-order valence-electron chi connectivity index (χ1n) is 7.62. The molecule has 0 aliphatic carbocycles. The number of carboxylic acids is 1. The zero-order chi connectivity index (χ0) is 17.2. The Bertz CT molecular complexity index is 1040. The zero-order valence-electron chi connectivity index (χ0n) is 13.0. The van der Waals surface area contributed by atoms with E-state index in [-0.39, 0.29) is 5.56 Å². The Morgan fingerprint density at radius 2 is 1.76 bits per heavy atom. The first-order valence-corrected chi connectivity index (χ1v) is 7.62. The van der Waals surface area contributed by atoms with Crippen LogP contribution in [0.25, 0.3) is 22.5 Å². The van der Waals surface area contributed by atoms with Gasteiger partial charge in [-0.25, -0.2) is 14.8 Å². The molecule has 25 heavy (non-hydrogen) atoms. The number of rotatable bonds is 4. The number of fused-ring (bicyclic) bond motifs is 1. The molecule has 2 aromatic carbocycles. The number of para-hydroxylation sites is 1. The van der Waals surface area contributed by atoms with Crippen LogP contribution in [0.5, 0.6) is 0 Å². The third kappa shape index (κ3) is 2.92. The van der Waals surface area contributed by atoms with E-state index < -0.39 is 5.97 Å². The Balaban J connectivity index is 1.78. The maximum Gasteiger partial charge on any atom is 0.335 e. The van der Waals surface area contributed by atoms with Gasteiger partial charge in [-0.1, -0.05) is 12.1 Å². The van der Waals surface area contributed by atoms with E-state index in [1.54, 1.807) is 42.7 Å². The third-order valence-electron chi connectivity index (χ3n) is 3.74. The molecule has 0 atom stereocenters. The van der Waals surface area contributed by atoms with E-state index in [4.69, 9.17) is 9.52 Å². The molecular formula is C19H13N3O3. The maximum atomic E-state index is 11.0. The van der Waals surface area contributed by atoms with Crippen molar-refractivity contribution in [1.82, 2.24) is 9.97 Å². The summed E-state index contributed by atoms with van der Waals surface area (Å²) in [5.41, 5.74) is 1.75. The number of hydrogen-bond donors (Lipinski definition) is 2. The van der Waals surface area contributed by atoms with Gasteiger partial charge in [-0.2, -0.15) is 0 Å². The van der Waals surface area contributed by atoms with Gasteiger partial charge in [0.15, 0.2) is 11.6 Å². The molecular weight excluding hydrogens is 318 g/mol. The van der Waals surface area contributed by atoms with Crippen LogP contribution in [-0.2, 0) is 0 Å². The quantitative estimate of drug-likeness (QED) is 0.578. The highest BCUT2D eigenvalue weighted by Crippen LogP contribution is 2.27. The molecule has 0 bridgehead atoms. The van der Waals surface area contributed by atoms with Gasteiger partial charge >= 0.3 is 5.97 Å². The van der Waals surface area contributed by atoms with Crippen LogP contribution in [0.1, 0.15) is 10.4 Å². The van der Waals surface area contributed by atoms with Crippen molar-refractivity contribution in [2.45, 2.75) is 0 Å². The number of furan rings is 1. The number of carboxylic acid groups (broad SMARTS) is 1. The van der Waals surface area contributed by atoms with Gasteiger partial charge in [-0.3, -0.25) is 0 Å². The highest BCUT2D eigenvalue weighted by molar-refractivity contribution is 5.92. The summed E-state index contributed by atoms with van der Waals surface area (Å²) in [6, 6.07) is 17.7. The molecule has 0 amide bonds. The normalized spacial score (nSPS) is 10.7. The van der Waals surface area contributed by atoms with Crippen LogP contribution in [0.3, 0.4) is 0 Å². The van der Waals surface area contributed by atoms with E-state index in [0.717, 1.165) is 16.6 Å². The van der Waals surface area contributed by atoms with Crippen LogP contribution < -0.4 is 5.32 Å². The molecule has 0 saturated heterocycles. The topological polar surface area (TPSA) is 88.2 Å². The standard InChI is InChI=1S/C19H13N3O3/c23-19(24)12-7-9-13(10-8-12)20-17-14-4-1-2-5-15(14)21-18(22-17)16-6-3-11-25-16/h1-11H,(H,23,24)(H,20,21,22). The predicted octanol–water partition coefficient (Wildman–Crippen LogP) is 4.33. The van der Waals surface area contributed by atoms with Crippen molar-refractivity contribution < 1.29 is 14.3 Å². The number of carbonyl (C=O) groups is 1. The molecule has 2 heterocycles. The lowest BCUT2D eigenvalue weighted by Crippen LogP contribution is -2.00.